The Bertz CT molecular complexity index is 577. The van der Waals surface area contributed by atoms with Gasteiger partial charge >= 0.3 is 6.09 Å². The minimum atomic E-state index is -0.459. The fraction of sp³-hybridized carbons (Fsp3) is 0.974. The molecular formula is C39H79NO4. The molecule has 5 heteroatoms. The largest absolute Gasteiger partial charge is 0.444 e. The lowest BCUT2D eigenvalue weighted by molar-refractivity contribution is 0.0337. The van der Waals surface area contributed by atoms with E-state index in [1.807, 2.05) is 20.8 Å². The lowest BCUT2D eigenvalue weighted by Crippen LogP contribution is -2.34. The van der Waals surface area contributed by atoms with Crippen LogP contribution in [0.5, 0.6) is 0 Å². The molecule has 2 N–H and O–H groups in total. The number of alkyl carbamates (subject to hydrolysis) is 1. The summed E-state index contributed by atoms with van der Waals surface area (Å²) in [4.78, 5) is 12.0. The highest BCUT2D eigenvalue weighted by Gasteiger charge is 2.16. The summed E-state index contributed by atoms with van der Waals surface area (Å²) in [6, 6.07) is 0. The van der Waals surface area contributed by atoms with E-state index in [2.05, 4.69) is 12.2 Å². The number of unbranched alkanes of at least 4 members (excludes halogenated alkanes) is 25. The maximum Gasteiger partial charge on any atom is 0.407 e. The quantitative estimate of drug-likeness (QED) is 0.0698. The number of aliphatic hydroxyl groups excluding tert-OH is 1. The van der Waals surface area contributed by atoms with Crippen LogP contribution in [0, 0.1) is 0 Å². The van der Waals surface area contributed by atoms with Gasteiger partial charge in [-0.05, 0) is 46.5 Å². The second-order valence-corrected chi connectivity index (χ2v) is 14.4. The summed E-state index contributed by atoms with van der Waals surface area (Å²) >= 11 is 0. The van der Waals surface area contributed by atoms with Gasteiger partial charge in [-0.1, -0.05) is 167 Å². The first-order chi connectivity index (χ1) is 21.4. The molecular weight excluding hydrogens is 546 g/mol. The summed E-state index contributed by atoms with van der Waals surface area (Å²) < 4.78 is 11.7. The van der Waals surface area contributed by atoms with E-state index >= 15 is 0 Å². The van der Waals surface area contributed by atoms with E-state index in [9.17, 15) is 4.79 Å². The Balaban J connectivity index is 3.70. The van der Waals surface area contributed by atoms with Gasteiger partial charge in [0, 0.05) is 19.8 Å². The van der Waals surface area contributed by atoms with Crippen molar-refractivity contribution in [2.75, 3.05) is 19.8 Å². The highest BCUT2D eigenvalue weighted by Crippen LogP contribution is 2.17. The third kappa shape index (κ3) is 35.7. The van der Waals surface area contributed by atoms with Crippen LogP contribution in [0.15, 0.2) is 0 Å². The molecule has 264 valence electrons. The topological polar surface area (TPSA) is 67.8 Å². The number of nitrogens with one attached hydrogen (secondary N) is 1. The van der Waals surface area contributed by atoms with Gasteiger partial charge in [0.2, 0.25) is 0 Å². The third-order valence-corrected chi connectivity index (χ3v) is 8.67. The van der Waals surface area contributed by atoms with Crippen molar-refractivity contribution in [3.05, 3.63) is 0 Å². The Labute approximate surface area is 275 Å². The number of amides is 1. The molecule has 0 rings (SSSR count). The van der Waals surface area contributed by atoms with Crippen LogP contribution < -0.4 is 5.32 Å². The van der Waals surface area contributed by atoms with E-state index in [0.29, 0.717) is 13.2 Å². The number of rotatable bonds is 34. The van der Waals surface area contributed by atoms with Crippen LogP contribution >= 0.6 is 0 Å². The summed E-state index contributed by atoms with van der Waals surface area (Å²) in [7, 11) is 0. The number of carbonyl (C=O) groups excluding carboxylic acids is 1. The maximum absolute atomic E-state index is 12.0. The van der Waals surface area contributed by atoms with Gasteiger partial charge in [-0.3, -0.25) is 0 Å². The second-order valence-electron chi connectivity index (χ2n) is 14.4. The number of ether oxygens (including phenoxy) is 2. The molecule has 0 heterocycles. The van der Waals surface area contributed by atoms with E-state index < -0.39 is 5.60 Å². The highest BCUT2D eigenvalue weighted by molar-refractivity contribution is 5.67. The normalized spacial score (nSPS) is 12.5. The van der Waals surface area contributed by atoms with Crippen LogP contribution in [0.3, 0.4) is 0 Å². The smallest absolute Gasteiger partial charge is 0.407 e. The van der Waals surface area contributed by atoms with Gasteiger partial charge in [0.05, 0.1) is 6.10 Å². The number of aliphatic hydroxyl groups is 1. The molecule has 0 aromatic carbocycles. The lowest BCUT2D eigenvalue weighted by atomic mass is 10.0. The minimum absolute atomic E-state index is 0.235. The molecule has 5 nitrogen and oxygen atoms in total. The summed E-state index contributed by atoms with van der Waals surface area (Å²) in [5.74, 6) is 0. The summed E-state index contributed by atoms with van der Waals surface area (Å²) in [5.41, 5.74) is -0.459. The summed E-state index contributed by atoms with van der Waals surface area (Å²) in [6.45, 7) is 9.78. The molecule has 0 aliphatic rings. The molecule has 0 aromatic heterocycles. The molecule has 0 bridgehead atoms. The lowest BCUT2D eigenvalue weighted by Gasteiger charge is -2.21. The zero-order chi connectivity index (χ0) is 32.4. The summed E-state index contributed by atoms with van der Waals surface area (Å²) in [6.07, 6.45) is 38.0. The van der Waals surface area contributed by atoms with E-state index in [1.165, 1.54) is 161 Å². The molecule has 0 radical (unpaired) electrons. The van der Waals surface area contributed by atoms with E-state index in [0.717, 1.165) is 32.3 Å². The van der Waals surface area contributed by atoms with Crippen molar-refractivity contribution in [3.63, 3.8) is 0 Å². The molecule has 0 aromatic rings. The highest BCUT2D eigenvalue weighted by atomic mass is 16.6. The van der Waals surface area contributed by atoms with Gasteiger partial charge in [0.25, 0.3) is 0 Å². The number of hydrogen-bond acceptors (Lipinski definition) is 4. The SMILES string of the molecule is CCCCCCCCOC(CCCCCCCCCCCCCCCCCCCCCCCO)CCNC(=O)OC(C)(C)C. The van der Waals surface area contributed by atoms with Crippen LogP contribution in [0.2, 0.25) is 0 Å². The van der Waals surface area contributed by atoms with E-state index in [-0.39, 0.29) is 12.2 Å². The Kier molecular flexibility index (Phi) is 32.9. The first-order valence-electron chi connectivity index (χ1n) is 19.6. The maximum atomic E-state index is 12.0. The fourth-order valence-corrected chi connectivity index (χ4v) is 5.94. The van der Waals surface area contributed by atoms with E-state index in [1.54, 1.807) is 0 Å². The zero-order valence-corrected chi connectivity index (χ0v) is 30.4. The van der Waals surface area contributed by atoms with Gasteiger partial charge in [-0.15, -0.1) is 0 Å². The van der Waals surface area contributed by atoms with Crippen LogP contribution in [-0.2, 0) is 9.47 Å². The van der Waals surface area contributed by atoms with Gasteiger partial charge in [-0.2, -0.15) is 0 Å². The van der Waals surface area contributed by atoms with Crippen LogP contribution in [0.4, 0.5) is 4.79 Å². The van der Waals surface area contributed by atoms with Crippen molar-refractivity contribution in [3.8, 4) is 0 Å². The molecule has 1 amide bonds. The Morgan fingerprint density at radius 2 is 0.955 bits per heavy atom. The van der Waals surface area contributed by atoms with Crippen molar-refractivity contribution < 1.29 is 19.4 Å². The third-order valence-electron chi connectivity index (χ3n) is 8.67. The molecule has 0 saturated carbocycles. The average molecular weight is 626 g/mol. The van der Waals surface area contributed by atoms with Crippen molar-refractivity contribution in [2.24, 2.45) is 0 Å². The fourth-order valence-electron chi connectivity index (χ4n) is 5.94. The Morgan fingerprint density at radius 1 is 0.568 bits per heavy atom. The van der Waals surface area contributed by atoms with Crippen LogP contribution in [-0.4, -0.2) is 42.7 Å². The predicted octanol–water partition coefficient (Wildman–Crippen LogP) is 12.2. The molecule has 0 aliphatic heterocycles. The number of carbonyl (C=O) groups is 1. The second kappa shape index (κ2) is 33.6. The Hall–Kier alpha value is -0.810. The molecule has 0 spiro atoms. The average Bonchev–Trinajstić information content (AvgIpc) is 2.98. The van der Waals surface area contributed by atoms with Crippen molar-refractivity contribution in [2.45, 2.75) is 226 Å². The van der Waals surface area contributed by atoms with Crippen molar-refractivity contribution in [1.82, 2.24) is 5.32 Å². The van der Waals surface area contributed by atoms with Gasteiger partial charge in [0.15, 0.2) is 0 Å². The first kappa shape index (κ1) is 43.2. The number of hydrogen-bond donors (Lipinski definition) is 2. The van der Waals surface area contributed by atoms with Gasteiger partial charge in [-0.25, -0.2) is 4.79 Å². The summed E-state index contributed by atoms with van der Waals surface area (Å²) in [5, 5.41) is 11.7. The molecule has 0 fully saturated rings. The molecule has 0 aliphatic carbocycles. The molecule has 0 saturated heterocycles. The van der Waals surface area contributed by atoms with Crippen LogP contribution in [0.1, 0.15) is 214 Å². The zero-order valence-electron chi connectivity index (χ0n) is 30.4. The molecule has 44 heavy (non-hydrogen) atoms. The standard InChI is InChI=1S/C39H79NO4/c1-5-6-7-8-28-31-36-43-37(33-34-40-38(42)44-39(2,3)4)32-29-26-24-22-20-18-16-14-12-10-9-11-13-15-17-19-21-23-25-27-30-35-41/h37,41H,5-36H2,1-4H3,(H,40,42). The molecule has 1 atom stereocenters. The monoisotopic (exact) mass is 626 g/mol. The van der Waals surface area contributed by atoms with Gasteiger partial charge in [0.1, 0.15) is 5.60 Å². The predicted molar refractivity (Wildman–Crippen MR) is 191 cm³/mol. The van der Waals surface area contributed by atoms with E-state index in [4.69, 9.17) is 14.6 Å². The first-order valence-corrected chi connectivity index (χ1v) is 19.6. The van der Waals surface area contributed by atoms with Crippen LogP contribution in [0.25, 0.3) is 0 Å². The minimum Gasteiger partial charge on any atom is -0.444 e. The van der Waals surface area contributed by atoms with Crippen molar-refractivity contribution >= 4 is 6.09 Å². The Morgan fingerprint density at radius 3 is 1.36 bits per heavy atom. The molecule has 1 unspecified atom stereocenters. The van der Waals surface area contributed by atoms with Gasteiger partial charge < -0.3 is 19.9 Å². The van der Waals surface area contributed by atoms with Crippen molar-refractivity contribution in [1.29, 1.82) is 0 Å².